The maximum absolute atomic E-state index is 9.29. The quantitative estimate of drug-likeness (QED) is 0.284. The molecule has 2 rings (SSSR count). The Hall–Kier alpha value is -3.12. The van der Waals surface area contributed by atoms with Crippen LogP contribution in [0.4, 0.5) is 5.69 Å². The fraction of sp³-hybridized carbons (Fsp3) is 0.111. The number of oxime groups is 1. The molecule has 0 unspecified atom stereocenters. The van der Waals surface area contributed by atoms with Crippen LogP contribution >= 0.6 is 0 Å². The van der Waals surface area contributed by atoms with Gasteiger partial charge in [0.15, 0.2) is 5.84 Å². The number of hydrogen-bond donors (Lipinski definition) is 4. The van der Waals surface area contributed by atoms with Crippen LogP contribution in [0.3, 0.4) is 0 Å². The van der Waals surface area contributed by atoms with Crippen LogP contribution in [0.2, 0.25) is 0 Å². The van der Waals surface area contributed by atoms with Crippen LogP contribution in [0.15, 0.2) is 70.8 Å². The minimum absolute atomic E-state index is 0.0180. The molecule has 2 aromatic carbocycles. The molecule has 2 aromatic rings. The van der Waals surface area contributed by atoms with Gasteiger partial charge in [0, 0.05) is 6.42 Å². The molecule has 6 nitrogen and oxygen atoms in total. The molecule has 0 saturated carbocycles. The van der Waals surface area contributed by atoms with Crippen molar-refractivity contribution in [2.75, 3.05) is 0 Å². The zero-order valence-electron chi connectivity index (χ0n) is 13.1. The van der Waals surface area contributed by atoms with Gasteiger partial charge in [-0.25, -0.2) is 4.99 Å². The number of hydrogen-bond acceptors (Lipinski definition) is 4. The largest absolute Gasteiger partial charge is 0.409 e. The van der Waals surface area contributed by atoms with Gasteiger partial charge < -0.3 is 10.9 Å². The van der Waals surface area contributed by atoms with E-state index in [1.807, 2.05) is 54.6 Å². The Morgan fingerprint density at radius 2 is 1.92 bits per heavy atom. The Morgan fingerprint density at radius 1 is 1.12 bits per heavy atom. The monoisotopic (exact) mass is 324 g/mol. The van der Waals surface area contributed by atoms with Gasteiger partial charge in [-0.1, -0.05) is 53.7 Å². The van der Waals surface area contributed by atoms with E-state index in [0.29, 0.717) is 17.9 Å². The average Bonchev–Trinajstić information content (AvgIpc) is 2.64. The van der Waals surface area contributed by atoms with Gasteiger partial charge in [0.2, 0.25) is 0 Å². The molecule has 24 heavy (non-hydrogen) atoms. The third-order valence-corrected chi connectivity index (χ3v) is 3.32. The third-order valence-electron chi connectivity index (χ3n) is 3.32. The van der Waals surface area contributed by atoms with Crippen molar-refractivity contribution >= 4 is 23.4 Å². The second-order valence-electron chi connectivity index (χ2n) is 5.11. The molecule has 5 N–H and O–H groups in total. The molecule has 0 radical (unpaired) electrons. The molecule has 0 heterocycles. The predicted molar refractivity (Wildman–Crippen MR) is 95.7 cm³/mol. The number of aryl methyl sites for hydroxylation is 1. The van der Waals surface area contributed by atoms with Gasteiger partial charge in [-0.15, -0.1) is 0 Å². The lowest BCUT2D eigenvalue weighted by Gasteiger charge is -2.06. The first kappa shape index (κ1) is 17.2. The minimum Gasteiger partial charge on any atom is -0.409 e. The zero-order chi connectivity index (χ0) is 17.2. The maximum atomic E-state index is 9.29. The van der Waals surface area contributed by atoms with E-state index in [1.54, 1.807) is 6.08 Å². The summed E-state index contributed by atoms with van der Waals surface area (Å²) in [6.07, 6.45) is 4.56. The number of benzene rings is 2. The summed E-state index contributed by atoms with van der Waals surface area (Å²) < 4.78 is 0. The van der Waals surface area contributed by atoms with E-state index in [1.165, 1.54) is 11.6 Å². The van der Waals surface area contributed by atoms with Crippen molar-refractivity contribution in [2.24, 2.45) is 15.9 Å². The summed E-state index contributed by atoms with van der Waals surface area (Å²) in [6.45, 7) is 0. The van der Waals surface area contributed by atoms with E-state index >= 15 is 0 Å². The fourth-order valence-corrected chi connectivity index (χ4v) is 2.11. The second kappa shape index (κ2) is 9.12. The van der Waals surface area contributed by atoms with Crippen LogP contribution in [-0.4, -0.2) is 22.1 Å². The minimum atomic E-state index is 0.0180. The summed E-state index contributed by atoms with van der Waals surface area (Å²) in [5.74, 6) is 0.501. The Morgan fingerprint density at radius 3 is 2.62 bits per heavy atom. The predicted octanol–water partition coefficient (Wildman–Crippen LogP) is 3.09. The lowest BCUT2D eigenvalue weighted by Crippen LogP contribution is -2.19. The summed E-state index contributed by atoms with van der Waals surface area (Å²) in [5, 5.41) is 20.7. The van der Waals surface area contributed by atoms with Crippen molar-refractivity contribution in [3.8, 4) is 0 Å². The highest BCUT2D eigenvalue weighted by molar-refractivity contribution is 5.94. The van der Waals surface area contributed by atoms with Gasteiger partial charge in [0.25, 0.3) is 0 Å². The van der Waals surface area contributed by atoms with Crippen molar-refractivity contribution in [3.05, 3.63) is 71.8 Å². The van der Waals surface area contributed by atoms with E-state index in [9.17, 15) is 5.21 Å². The number of hydroxylamine groups is 1. The lowest BCUT2D eigenvalue weighted by molar-refractivity contribution is 0.232. The van der Waals surface area contributed by atoms with Crippen LogP contribution < -0.4 is 11.2 Å². The molecule has 0 aliphatic rings. The normalized spacial score (nSPS) is 12.5. The first-order valence-electron chi connectivity index (χ1n) is 7.48. The Bertz CT molecular complexity index is 740. The smallest absolute Gasteiger partial charge is 0.162 e. The molecule has 0 spiro atoms. The zero-order valence-corrected chi connectivity index (χ0v) is 13.1. The molecule has 0 aliphatic heterocycles. The standard InChI is InChI=1S/C18H20N4O2/c19-17(21-23)11-9-15-7-4-8-16(13-15)20-18(22-24)12-10-14-5-2-1-3-6-14/h1-9,11,13,23-24H,10,12H2,(H2,19,21)(H,20,22)/b11-9+. The number of nitrogens with two attached hydrogens (primary N) is 1. The van der Waals surface area contributed by atoms with Gasteiger partial charge in [-0.3, -0.25) is 10.7 Å². The van der Waals surface area contributed by atoms with Gasteiger partial charge in [-0.05, 0) is 35.8 Å². The van der Waals surface area contributed by atoms with Crippen LogP contribution in [0.5, 0.6) is 0 Å². The first-order valence-corrected chi connectivity index (χ1v) is 7.48. The number of rotatable bonds is 6. The number of nitrogens with zero attached hydrogens (tertiary/aromatic N) is 2. The molecule has 0 amide bonds. The maximum Gasteiger partial charge on any atom is 0.162 e. The van der Waals surface area contributed by atoms with Gasteiger partial charge in [-0.2, -0.15) is 0 Å². The molecule has 6 heteroatoms. The van der Waals surface area contributed by atoms with E-state index in [2.05, 4.69) is 15.6 Å². The Labute approximate surface area is 140 Å². The van der Waals surface area contributed by atoms with Crippen LogP contribution in [0.25, 0.3) is 6.08 Å². The second-order valence-corrected chi connectivity index (χ2v) is 5.11. The summed E-state index contributed by atoms with van der Waals surface area (Å²) in [5.41, 5.74) is 10.3. The topological polar surface area (TPSA) is 103 Å². The van der Waals surface area contributed by atoms with E-state index in [0.717, 1.165) is 12.0 Å². The third kappa shape index (κ3) is 5.58. The van der Waals surface area contributed by atoms with Crippen LogP contribution in [0, 0.1) is 0 Å². The SMILES string of the molecule is NC(/C=C/c1cccc(N=C(CCc2ccccc2)NO)c1)=N/O. The van der Waals surface area contributed by atoms with Crippen molar-refractivity contribution < 1.29 is 10.4 Å². The molecule has 124 valence electrons. The summed E-state index contributed by atoms with van der Waals surface area (Å²) >= 11 is 0. The van der Waals surface area contributed by atoms with Crippen molar-refractivity contribution in [1.82, 2.24) is 5.48 Å². The summed E-state index contributed by atoms with van der Waals surface area (Å²) in [6, 6.07) is 17.4. The summed E-state index contributed by atoms with van der Waals surface area (Å²) in [7, 11) is 0. The number of nitrogens with one attached hydrogen (secondary N) is 1. The molecule has 0 saturated heterocycles. The van der Waals surface area contributed by atoms with E-state index < -0.39 is 0 Å². The van der Waals surface area contributed by atoms with E-state index in [-0.39, 0.29) is 5.84 Å². The summed E-state index contributed by atoms with van der Waals surface area (Å²) in [4.78, 5) is 4.41. The van der Waals surface area contributed by atoms with Gasteiger partial charge in [0.1, 0.15) is 5.84 Å². The van der Waals surface area contributed by atoms with Crippen LogP contribution in [-0.2, 0) is 6.42 Å². The van der Waals surface area contributed by atoms with Crippen LogP contribution in [0.1, 0.15) is 17.5 Å². The van der Waals surface area contributed by atoms with Crippen molar-refractivity contribution in [3.63, 3.8) is 0 Å². The van der Waals surface area contributed by atoms with Gasteiger partial charge in [0.05, 0.1) is 5.69 Å². The van der Waals surface area contributed by atoms with Crippen molar-refractivity contribution in [2.45, 2.75) is 12.8 Å². The molecular weight excluding hydrogens is 304 g/mol. The highest BCUT2D eigenvalue weighted by Gasteiger charge is 2.01. The highest BCUT2D eigenvalue weighted by atomic mass is 16.5. The fourth-order valence-electron chi connectivity index (χ4n) is 2.11. The molecule has 0 bridgehead atoms. The highest BCUT2D eigenvalue weighted by Crippen LogP contribution is 2.16. The first-order chi connectivity index (χ1) is 11.7. The molecule has 0 atom stereocenters. The number of amidine groups is 2. The van der Waals surface area contributed by atoms with E-state index in [4.69, 9.17) is 10.9 Å². The molecule has 0 aliphatic carbocycles. The average molecular weight is 324 g/mol. The van der Waals surface area contributed by atoms with Crippen molar-refractivity contribution in [1.29, 1.82) is 0 Å². The molecule has 0 aromatic heterocycles. The number of aliphatic imine (C=N–C) groups is 1. The van der Waals surface area contributed by atoms with Gasteiger partial charge >= 0.3 is 0 Å². The molecular formula is C18H20N4O2. The molecule has 0 fully saturated rings. The lowest BCUT2D eigenvalue weighted by atomic mass is 10.1. The Balaban J connectivity index is 2.08. The Kier molecular flexibility index (Phi) is 6.55.